The van der Waals surface area contributed by atoms with Crippen LogP contribution in [0.5, 0.6) is 0 Å². The van der Waals surface area contributed by atoms with Crippen molar-refractivity contribution in [1.29, 1.82) is 0 Å². The normalized spacial score (nSPS) is 25.0. The first-order valence-corrected chi connectivity index (χ1v) is 9.06. The van der Waals surface area contributed by atoms with Crippen molar-refractivity contribution in [2.45, 2.75) is 44.7 Å². The van der Waals surface area contributed by atoms with Crippen LogP contribution in [-0.2, 0) is 10.0 Å². The monoisotopic (exact) mass is 289 g/mol. The van der Waals surface area contributed by atoms with Crippen LogP contribution in [0.15, 0.2) is 0 Å². The summed E-state index contributed by atoms with van der Waals surface area (Å²) in [5.41, 5.74) is 0. The number of hydrogen-bond acceptors (Lipinski definition) is 4. The van der Waals surface area contributed by atoms with Crippen molar-refractivity contribution in [2.75, 3.05) is 39.0 Å². The van der Waals surface area contributed by atoms with E-state index in [1.54, 1.807) is 18.3 Å². The third-order valence-electron chi connectivity index (χ3n) is 4.64. The summed E-state index contributed by atoms with van der Waals surface area (Å²) in [5, 5.41) is 3.39. The molecule has 0 radical (unpaired) electrons. The van der Waals surface area contributed by atoms with Crippen LogP contribution in [0, 0.1) is 0 Å². The molecule has 0 aromatic heterocycles. The SMILES string of the molecule is CCS(=O)(=O)N(C)C1CCN(C2CCNCC2)CC1. The Hall–Kier alpha value is -0.170. The minimum Gasteiger partial charge on any atom is -0.317 e. The highest BCUT2D eigenvalue weighted by Gasteiger charge is 2.31. The molecule has 6 heteroatoms. The van der Waals surface area contributed by atoms with E-state index in [9.17, 15) is 8.42 Å². The highest BCUT2D eigenvalue weighted by Crippen LogP contribution is 2.22. The zero-order chi connectivity index (χ0) is 13.9. The first-order chi connectivity index (χ1) is 9.04. The van der Waals surface area contributed by atoms with E-state index in [0.717, 1.165) is 39.0 Å². The number of piperidine rings is 2. The Morgan fingerprint density at radius 1 is 1.16 bits per heavy atom. The van der Waals surface area contributed by atoms with Crippen LogP contribution in [0.4, 0.5) is 0 Å². The van der Waals surface area contributed by atoms with E-state index in [0.29, 0.717) is 6.04 Å². The molecule has 2 rings (SSSR count). The molecule has 1 N–H and O–H groups in total. The molecule has 2 saturated heterocycles. The van der Waals surface area contributed by atoms with E-state index >= 15 is 0 Å². The molecular weight excluding hydrogens is 262 g/mol. The lowest BCUT2D eigenvalue weighted by molar-refractivity contribution is 0.106. The third-order valence-corrected chi connectivity index (χ3v) is 6.55. The predicted octanol–water partition coefficient (Wildman–Crippen LogP) is 0.484. The summed E-state index contributed by atoms with van der Waals surface area (Å²) in [5.74, 6) is 0.206. The second-order valence-electron chi connectivity index (χ2n) is 5.67. The van der Waals surface area contributed by atoms with E-state index in [1.807, 2.05) is 0 Å². The molecule has 5 nitrogen and oxygen atoms in total. The van der Waals surface area contributed by atoms with Crippen molar-refractivity contribution >= 4 is 10.0 Å². The second kappa shape index (κ2) is 6.52. The average molecular weight is 289 g/mol. The Morgan fingerprint density at radius 3 is 2.26 bits per heavy atom. The Bertz CT molecular complexity index is 371. The molecule has 0 saturated carbocycles. The van der Waals surface area contributed by atoms with E-state index in [-0.39, 0.29) is 11.8 Å². The van der Waals surface area contributed by atoms with Crippen molar-refractivity contribution in [3.63, 3.8) is 0 Å². The van der Waals surface area contributed by atoms with Crippen LogP contribution in [0.25, 0.3) is 0 Å². The Kier molecular flexibility index (Phi) is 5.22. The summed E-state index contributed by atoms with van der Waals surface area (Å²) in [6.07, 6.45) is 4.40. The van der Waals surface area contributed by atoms with Gasteiger partial charge in [0.05, 0.1) is 5.75 Å². The van der Waals surface area contributed by atoms with Gasteiger partial charge in [-0.25, -0.2) is 12.7 Å². The van der Waals surface area contributed by atoms with Crippen LogP contribution in [0.2, 0.25) is 0 Å². The summed E-state index contributed by atoms with van der Waals surface area (Å²) in [7, 11) is -1.30. The molecule has 2 heterocycles. The quantitative estimate of drug-likeness (QED) is 0.818. The van der Waals surface area contributed by atoms with Gasteiger partial charge in [-0.2, -0.15) is 0 Å². The lowest BCUT2D eigenvalue weighted by Crippen LogP contribution is -2.51. The minimum atomic E-state index is -3.04. The van der Waals surface area contributed by atoms with Gasteiger partial charge in [-0.1, -0.05) is 0 Å². The molecule has 19 heavy (non-hydrogen) atoms. The van der Waals surface area contributed by atoms with E-state index in [4.69, 9.17) is 0 Å². The van der Waals surface area contributed by atoms with Gasteiger partial charge in [0.25, 0.3) is 0 Å². The lowest BCUT2D eigenvalue weighted by atomic mass is 9.99. The highest BCUT2D eigenvalue weighted by atomic mass is 32.2. The van der Waals surface area contributed by atoms with Gasteiger partial charge < -0.3 is 10.2 Å². The van der Waals surface area contributed by atoms with E-state index in [1.165, 1.54) is 12.8 Å². The van der Waals surface area contributed by atoms with Gasteiger partial charge in [-0.05, 0) is 58.8 Å². The zero-order valence-electron chi connectivity index (χ0n) is 12.1. The highest BCUT2D eigenvalue weighted by molar-refractivity contribution is 7.89. The van der Waals surface area contributed by atoms with Crippen LogP contribution >= 0.6 is 0 Å². The van der Waals surface area contributed by atoms with E-state index in [2.05, 4.69) is 10.2 Å². The zero-order valence-corrected chi connectivity index (χ0v) is 13.0. The molecule has 2 aliphatic heterocycles. The third kappa shape index (κ3) is 3.68. The number of nitrogens with one attached hydrogen (secondary N) is 1. The fourth-order valence-corrected chi connectivity index (χ4v) is 4.29. The van der Waals surface area contributed by atoms with Crippen molar-refractivity contribution in [2.24, 2.45) is 0 Å². The number of rotatable bonds is 4. The Balaban J connectivity index is 1.85. The van der Waals surface area contributed by atoms with Crippen LogP contribution < -0.4 is 5.32 Å². The van der Waals surface area contributed by atoms with Crippen molar-refractivity contribution in [1.82, 2.24) is 14.5 Å². The van der Waals surface area contributed by atoms with Gasteiger partial charge in [0.2, 0.25) is 10.0 Å². The summed E-state index contributed by atoms with van der Waals surface area (Å²) >= 11 is 0. The molecule has 0 amide bonds. The molecule has 0 atom stereocenters. The maximum Gasteiger partial charge on any atom is 0.213 e. The molecule has 0 unspecified atom stereocenters. The fourth-order valence-electron chi connectivity index (χ4n) is 3.22. The molecule has 2 fully saturated rings. The van der Waals surface area contributed by atoms with E-state index < -0.39 is 10.0 Å². The molecular formula is C13H27N3O2S. The van der Waals surface area contributed by atoms with Crippen LogP contribution in [0.1, 0.15) is 32.6 Å². The first kappa shape index (κ1) is 15.2. The summed E-state index contributed by atoms with van der Waals surface area (Å²) in [6.45, 7) is 6.04. The number of likely N-dealkylation sites (tertiary alicyclic amines) is 1. The summed E-state index contributed by atoms with van der Waals surface area (Å²) in [6, 6.07) is 0.901. The Labute approximate surface area is 117 Å². The minimum absolute atomic E-state index is 0.197. The second-order valence-corrected chi connectivity index (χ2v) is 7.98. The maximum atomic E-state index is 11.9. The molecule has 0 spiro atoms. The van der Waals surface area contributed by atoms with Crippen LogP contribution in [0.3, 0.4) is 0 Å². The molecule has 0 aliphatic carbocycles. The molecule has 2 aliphatic rings. The fraction of sp³-hybridized carbons (Fsp3) is 1.00. The molecule has 0 aromatic rings. The van der Waals surface area contributed by atoms with Crippen LogP contribution in [-0.4, -0.2) is 68.7 Å². The Morgan fingerprint density at radius 2 is 1.74 bits per heavy atom. The van der Waals surface area contributed by atoms with Gasteiger partial charge in [-0.3, -0.25) is 0 Å². The smallest absolute Gasteiger partial charge is 0.213 e. The number of hydrogen-bond donors (Lipinski definition) is 1. The largest absolute Gasteiger partial charge is 0.317 e. The van der Waals surface area contributed by atoms with Gasteiger partial charge in [0, 0.05) is 19.1 Å². The standard InChI is InChI=1S/C13H27N3O2S/c1-3-19(17,18)15(2)12-6-10-16(11-7-12)13-4-8-14-9-5-13/h12-14H,3-11H2,1-2H3. The number of nitrogens with zero attached hydrogens (tertiary/aromatic N) is 2. The van der Waals surface area contributed by atoms with Crippen molar-refractivity contribution < 1.29 is 8.42 Å². The van der Waals surface area contributed by atoms with Crippen molar-refractivity contribution in [3.05, 3.63) is 0 Å². The summed E-state index contributed by atoms with van der Waals surface area (Å²) < 4.78 is 25.4. The average Bonchev–Trinajstić information content (AvgIpc) is 2.47. The summed E-state index contributed by atoms with van der Waals surface area (Å²) in [4.78, 5) is 2.56. The molecule has 0 bridgehead atoms. The number of sulfonamides is 1. The maximum absolute atomic E-state index is 11.9. The topological polar surface area (TPSA) is 52.7 Å². The van der Waals surface area contributed by atoms with Gasteiger partial charge in [0.1, 0.15) is 0 Å². The van der Waals surface area contributed by atoms with Gasteiger partial charge >= 0.3 is 0 Å². The molecule has 112 valence electrons. The first-order valence-electron chi connectivity index (χ1n) is 7.45. The lowest BCUT2D eigenvalue weighted by Gasteiger charge is -2.41. The molecule has 0 aromatic carbocycles. The van der Waals surface area contributed by atoms with Crippen molar-refractivity contribution in [3.8, 4) is 0 Å². The van der Waals surface area contributed by atoms with Gasteiger partial charge in [0.15, 0.2) is 0 Å². The predicted molar refractivity (Wildman–Crippen MR) is 77.7 cm³/mol. The van der Waals surface area contributed by atoms with Gasteiger partial charge in [-0.15, -0.1) is 0 Å².